The number of benzene rings is 1. The van der Waals surface area contributed by atoms with Gasteiger partial charge in [0.1, 0.15) is 0 Å². The van der Waals surface area contributed by atoms with E-state index in [1.165, 1.54) is 4.90 Å². The third-order valence-electron chi connectivity index (χ3n) is 2.21. The van der Waals surface area contributed by atoms with Crippen LogP contribution >= 0.6 is 23.1 Å². The number of rotatable bonds is 4. The van der Waals surface area contributed by atoms with Crippen LogP contribution in [0.4, 0.5) is 0 Å². The Balaban J connectivity index is 2.01. The normalized spacial score (nSPS) is 12.6. The Hall–Kier alpha value is -0.840. The molecule has 0 aliphatic heterocycles. The third kappa shape index (κ3) is 3.07. The van der Waals surface area contributed by atoms with Crippen molar-refractivity contribution >= 4 is 23.1 Å². The van der Waals surface area contributed by atoms with E-state index in [2.05, 4.69) is 16.4 Å². The Morgan fingerprint density at radius 2 is 2.38 bits per heavy atom. The van der Waals surface area contributed by atoms with Gasteiger partial charge >= 0.3 is 0 Å². The zero-order valence-corrected chi connectivity index (χ0v) is 10.6. The van der Waals surface area contributed by atoms with Crippen LogP contribution in [-0.4, -0.2) is 10.1 Å². The molecule has 84 valence electrons. The van der Waals surface area contributed by atoms with E-state index in [9.17, 15) is 5.11 Å². The number of nitrogens with zero attached hydrogens (tertiary/aromatic N) is 1. The van der Waals surface area contributed by atoms with Crippen molar-refractivity contribution in [2.45, 2.75) is 23.7 Å². The second-order valence-electron chi connectivity index (χ2n) is 3.52. The molecule has 0 spiro atoms. The molecule has 0 aliphatic rings. The highest BCUT2D eigenvalue weighted by molar-refractivity contribution is 7.98. The zero-order valence-electron chi connectivity index (χ0n) is 8.96. The molecule has 0 aliphatic carbocycles. The molecule has 0 radical (unpaired) electrons. The highest BCUT2D eigenvalue weighted by Crippen LogP contribution is 2.25. The molecule has 1 heterocycles. The fraction of sp³-hybridized carbons (Fsp3) is 0.250. The van der Waals surface area contributed by atoms with E-state index in [0.29, 0.717) is 0 Å². The molecular formula is C12H13NOS2. The van der Waals surface area contributed by atoms with Crippen LogP contribution in [0.5, 0.6) is 0 Å². The first-order chi connectivity index (χ1) is 7.75. The molecule has 2 aromatic rings. The summed E-state index contributed by atoms with van der Waals surface area (Å²) in [6, 6.07) is 8.01. The van der Waals surface area contributed by atoms with Gasteiger partial charge in [-0.15, -0.1) is 23.1 Å². The minimum Gasteiger partial charge on any atom is -0.389 e. The van der Waals surface area contributed by atoms with E-state index >= 15 is 0 Å². The minimum absolute atomic E-state index is 0.403. The molecule has 1 unspecified atom stereocenters. The highest BCUT2D eigenvalue weighted by Gasteiger charge is 2.02. The van der Waals surface area contributed by atoms with Gasteiger partial charge in [-0.1, -0.05) is 12.1 Å². The van der Waals surface area contributed by atoms with E-state index in [4.69, 9.17) is 0 Å². The van der Waals surface area contributed by atoms with Crippen LogP contribution in [0, 0.1) is 0 Å². The Bertz CT molecular complexity index is 440. The van der Waals surface area contributed by atoms with E-state index in [-0.39, 0.29) is 0 Å². The van der Waals surface area contributed by atoms with Gasteiger partial charge in [0.25, 0.3) is 0 Å². The van der Waals surface area contributed by atoms with Crippen molar-refractivity contribution < 1.29 is 5.11 Å². The van der Waals surface area contributed by atoms with Gasteiger partial charge in [-0.2, -0.15) is 0 Å². The molecule has 2 nitrogen and oxygen atoms in total. The van der Waals surface area contributed by atoms with E-state index < -0.39 is 6.10 Å². The van der Waals surface area contributed by atoms with Gasteiger partial charge in [-0.25, -0.2) is 4.98 Å². The molecule has 1 N–H and O–H groups in total. The Morgan fingerprint density at radius 1 is 1.50 bits per heavy atom. The number of thioether (sulfide) groups is 1. The smallest absolute Gasteiger partial charge is 0.0795 e. The first-order valence-electron chi connectivity index (χ1n) is 5.03. The fourth-order valence-corrected chi connectivity index (χ4v) is 2.86. The van der Waals surface area contributed by atoms with Gasteiger partial charge in [0.05, 0.1) is 17.3 Å². The lowest BCUT2D eigenvalue weighted by atomic mass is 10.1. The summed E-state index contributed by atoms with van der Waals surface area (Å²) in [5.41, 5.74) is 3.92. The van der Waals surface area contributed by atoms with Crippen molar-refractivity contribution in [3.8, 4) is 0 Å². The maximum atomic E-state index is 9.48. The quantitative estimate of drug-likeness (QED) is 0.844. The van der Waals surface area contributed by atoms with Crippen molar-refractivity contribution in [3.05, 3.63) is 46.4 Å². The standard InChI is InChI=1S/C12H13NOS2/c1-9(14)10-3-2-4-12(5-10)16-7-11-6-15-8-13-11/h2-6,8-9,14H,7H2,1H3. The summed E-state index contributed by atoms with van der Waals surface area (Å²) in [6.07, 6.45) is -0.403. The maximum Gasteiger partial charge on any atom is 0.0795 e. The third-order valence-corrected chi connectivity index (χ3v) is 3.87. The van der Waals surface area contributed by atoms with Gasteiger partial charge < -0.3 is 5.11 Å². The fourth-order valence-electron chi connectivity index (χ4n) is 1.33. The van der Waals surface area contributed by atoms with Gasteiger partial charge in [0, 0.05) is 16.0 Å². The van der Waals surface area contributed by atoms with Crippen molar-refractivity contribution in [3.63, 3.8) is 0 Å². The van der Waals surface area contributed by atoms with Crippen LogP contribution in [0.1, 0.15) is 24.3 Å². The van der Waals surface area contributed by atoms with Crippen molar-refractivity contribution in [2.24, 2.45) is 0 Å². The van der Waals surface area contributed by atoms with E-state index in [1.807, 2.05) is 23.7 Å². The molecule has 0 saturated carbocycles. The van der Waals surface area contributed by atoms with Crippen molar-refractivity contribution in [1.82, 2.24) is 4.98 Å². The van der Waals surface area contributed by atoms with Crippen LogP contribution < -0.4 is 0 Å². The van der Waals surface area contributed by atoms with Crippen molar-refractivity contribution in [2.75, 3.05) is 0 Å². The summed E-state index contributed by atoms with van der Waals surface area (Å²) in [7, 11) is 0. The molecule has 0 saturated heterocycles. The van der Waals surface area contributed by atoms with Crippen molar-refractivity contribution in [1.29, 1.82) is 0 Å². The van der Waals surface area contributed by atoms with E-state index in [1.54, 1.807) is 30.0 Å². The predicted molar refractivity (Wildman–Crippen MR) is 68.8 cm³/mol. The van der Waals surface area contributed by atoms with Gasteiger partial charge in [0.2, 0.25) is 0 Å². The molecule has 1 atom stereocenters. The lowest BCUT2D eigenvalue weighted by Crippen LogP contribution is -1.90. The summed E-state index contributed by atoms with van der Waals surface area (Å²) in [4.78, 5) is 5.41. The van der Waals surface area contributed by atoms with Crippen LogP contribution in [-0.2, 0) is 5.75 Å². The summed E-state index contributed by atoms with van der Waals surface area (Å²) >= 11 is 3.36. The summed E-state index contributed by atoms with van der Waals surface area (Å²) in [5.74, 6) is 0.882. The zero-order chi connectivity index (χ0) is 11.4. The van der Waals surface area contributed by atoms with Gasteiger partial charge in [0.15, 0.2) is 0 Å². The maximum absolute atomic E-state index is 9.48. The van der Waals surface area contributed by atoms with Crippen LogP contribution in [0.2, 0.25) is 0 Å². The van der Waals surface area contributed by atoms with Gasteiger partial charge in [-0.3, -0.25) is 0 Å². The molecule has 1 aromatic carbocycles. The number of aromatic nitrogens is 1. The largest absolute Gasteiger partial charge is 0.389 e. The van der Waals surface area contributed by atoms with Gasteiger partial charge in [-0.05, 0) is 24.6 Å². The molecule has 1 aromatic heterocycles. The second-order valence-corrected chi connectivity index (χ2v) is 5.28. The number of hydrogen-bond donors (Lipinski definition) is 1. The molecule has 0 amide bonds. The first kappa shape index (κ1) is 11.6. The van der Waals surface area contributed by atoms with Crippen LogP contribution in [0.15, 0.2) is 40.1 Å². The number of aliphatic hydroxyl groups excluding tert-OH is 1. The Kier molecular flexibility index (Phi) is 3.98. The Labute approximate surface area is 103 Å². The van der Waals surface area contributed by atoms with Crippen LogP contribution in [0.3, 0.4) is 0 Å². The van der Waals surface area contributed by atoms with Crippen LogP contribution in [0.25, 0.3) is 0 Å². The molecule has 0 bridgehead atoms. The average Bonchev–Trinajstić information content (AvgIpc) is 2.79. The molecule has 0 fully saturated rings. The summed E-state index contributed by atoms with van der Waals surface area (Å²) < 4.78 is 0. The topological polar surface area (TPSA) is 33.1 Å². The summed E-state index contributed by atoms with van der Waals surface area (Å²) in [6.45, 7) is 1.78. The SMILES string of the molecule is CC(O)c1cccc(SCc2cscn2)c1. The molecule has 2 rings (SSSR count). The second kappa shape index (κ2) is 5.48. The first-order valence-corrected chi connectivity index (χ1v) is 6.96. The molecular weight excluding hydrogens is 238 g/mol. The average molecular weight is 251 g/mol. The molecule has 16 heavy (non-hydrogen) atoms. The number of thiazole rings is 1. The van der Waals surface area contributed by atoms with E-state index in [0.717, 1.165) is 17.0 Å². The number of hydrogen-bond acceptors (Lipinski definition) is 4. The highest BCUT2D eigenvalue weighted by atomic mass is 32.2. The molecule has 4 heteroatoms. The monoisotopic (exact) mass is 251 g/mol. The summed E-state index contributed by atoms with van der Waals surface area (Å²) in [5, 5.41) is 11.5. The lowest BCUT2D eigenvalue weighted by Gasteiger charge is -2.06. The minimum atomic E-state index is -0.403. The predicted octanol–water partition coefficient (Wildman–Crippen LogP) is 3.49. The lowest BCUT2D eigenvalue weighted by molar-refractivity contribution is 0.199. The number of aliphatic hydroxyl groups is 1. The Morgan fingerprint density at radius 3 is 3.06 bits per heavy atom.